The number of hydrogen-bond donors (Lipinski definition) is 3. The minimum Gasteiger partial charge on any atom is -0.497 e. The molecule has 20 nitrogen and oxygen atoms in total. The highest BCUT2D eigenvalue weighted by atomic mass is 16.5. The summed E-state index contributed by atoms with van der Waals surface area (Å²) in [6, 6.07) is 19.2. The number of amides is 7. The van der Waals surface area contributed by atoms with E-state index in [2.05, 4.69) is 16.0 Å². The molecule has 0 fully saturated rings. The Morgan fingerprint density at radius 3 is 1.64 bits per heavy atom. The maximum Gasteiger partial charge on any atom is 0.260 e. The second-order valence-electron chi connectivity index (χ2n) is 20.2. The number of fused-ring (bicyclic) bond motifs is 4. The molecule has 0 aromatic heterocycles. The molecule has 0 unspecified atom stereocenters. The SMILES string of the molecule is COc1ccc(C2=CN3C(=O)c4cc(OC)c(OCCCOc5cc6c(cc5OC)C(=O)N5C=C(c7ccc(NC(=O)[C@H](C)NC(=O)[C@@H](NC(=O)CCCCCN8C(=O)C=CC8=O)C(C)C)cc7)C[C@H]5C=N6)cc4N=C[C@@H]3C2)cc1. The van der Waals surface area contributed by atoms with Crippen LogP contribution in [0.15, 0.2) is 107 Å². The molecule has 9 rings (SSSR count). The lowest BCUT2D eigenvalue weighted by Gasteiger charge is -2.24. The molecule has 0 bridgehead atoms. The summed E-state index contributed by atoms with van der Waals surface area (Å²) in [4.78, 5) is 105. The molecule has 416 valence electrons. The van der Waals surface area contributed by atoms with E-state index in [1.54, 1.807) is 86.5 Å². The number of methoxy groups -OCH3 is 3. The molecule has 5 aliphatic heterocycles. The third-order valence-electron chi connectivity index (χ3n) is 14.4. The molecule has 80 heavy (non-hydrogen) atoms. The largest absolute Gasteiger partial charge is 0.497 e. The molecular formula is C60H64N8O12. The van der Waals surface area contributed by atoms with Crippen LogP contribution >= 0.6 is 0 Å². The highest BCUT2D eigenvalue weighted by molar-refractivity contribution is 6.13. The predicted octanol–water partition coefficient (Wildman–Crippen LogP) is 7.57. The molecule has 5 heterocycles. The van der Waals surface area contributed by atoms with Crippen LogP contribution in [-0.2, 0) is 24.0 Å². The number of carbonyl (C=O) groups is 7. The van der Waals surface area contributed by atoms with Gasteiger partial charge in [0.15, 0.2) is 23.0 Å². The number of hydrogen-bond acceptors (Lipinski definition) is 14. The first-order valence-electron chi connectivity index (χ1n) is 26.7. The van der Waals surface area contributed by atoms with E-state index in [4.69, 9.17) is 33.7 Å². The zero-order valence-corrected chi connectivity index (χ0v) is 45.5. The molecule has 7 amide bonds. The molecule has 0 aliphatic carbocycles. The summed E-state index contributed by atoms with van der Waals surface area (Å²) in [6.45, 7) is 5.94. The fourth-order valence-corrected chi connectivity index (χ4v) is 9.92. The first kappa shape index (κ1) is 55.7. The molecule has 0 spiro atoms. The van der Waals surface area contributed by atoms with Crippen LogP contribution < -0.4 is 39.6 Å². The lowest BCUT2D eigenvalue weighted by molar-refractivity contribution is -0.137. The van der Waals surface area contributed by atoms with Gasteiger partial charge in [0.25, 0.3) is 23.6 Å². The van der Waals surface area contributed by atoms with Crippen molar-refractivity contribution in [3.63, 3.8) is 0 Å². The number of benzene rings is 4. The molecule has 4 aromatic rings. The van der Waals surface area contributed by atoms with Crippen LogP contribution in [0.25, 0.3) is 11.1 Å². The number of imide groups is 1. The number of rotatable bonds is 23. The van der Waals surface area contributed by atoms with Gasteiger partial charge in [-0.3, -0.25) is 48.4 Å². The summed E-state index contributed by atoms with van der Waals surface area (Å²) in [5.74, 6) is -0.270. The highest BCUT2D eigenvalue weighted by Crippen LogP contribution is 2.42. The summed E-state index contributed by atoms with van der Waals surface area (Å²) >= 11 is 0. The van der Waals surface area contributed by atoms with E-state index < -0.39 is 23.9 Å². The normalized spacial score (nSPS) is 17.6. The van der Waals surface area contributed by atoms with Gasteiger partial charge in [-0.15, -0.1) is 0 Å². The predicted molar refractivity (Wildman–Crippen MR) is 300 cm³/mol. The maximum atomic E-state index is 14.1. The molecule has 5 aliphatic rings. The smallest absolute Gasteiger partial charge is 0.260 e. The van der Waals surface area contributed by atoms with Crippen molar-refractivity contribution in [2.45, 2.75) is 89.9 Å². The molecule has 20 heteroatoms. The number of aliphatic imine (C=N–C) groups is 2. The van der Waals surface area contributed by atoms with Crippen LogP contribution in [0.3, 0.4) is 0 Å². The van der Waals surface area contributed by atoms with E-state index in [0.29, 0.717) is 89.7 Å². The number of carbonyl (C=O) groups excluding carboxylic acids is 7. The first-order valence-corrected chi connectivity index (χ1v) is 26.7. The van der Waals surface area contributed by atoms with Crippen molar-refractivity contribution in [2.24, 2.45) is 15.9 Å². The van der Waals surface area contributed by atoms with Gasteiger partial charge in [-0.2, -0.15) is 0 Å². The summed E-state index contributed by atoms with van der Waals surface area (Å²) < 4.78 is 29.0. The van der Waals surface area contributed by atoms with Gasteiger partial charge in [-0.25, -0.2) is 0 Å². The minimum absolute atomic E-state index is 0.162. The lowest BCUT2D eigenvalue weighted by Crippen LogP contribution is -2.53. The number of ether oxygens (including phenoxy) is 5. The molecule has 3 N–H and O–H groups in total. The number of nitrogens with one attached hydrogen (secondary N) is 3. The van der Waals surface area contributed by atoms with Gasteiger partial charge < -0.3 is 49.4 Å². The molecular weight excluding hydrogens is 1020 g/mol. The Morgan fingerprint density at radius 2 is 1.14 bits per heavy atom. The summed E-state index contributed by atoms with van der Waals surface area (Å²) in [7, 11) is 4.65. The monoisotopic (exact) mass is 1090 g/mol. The standard InChI is InChI=1S/C60H64N8O12/c1-35(2)56(65-53(69)11-8-7-9-22-66-54(70)20-21-55(66)71)58(73)63-36(3)57(72)64-41-16-12-37(13-17-41)39-25-42-31-61-47-29-51(49(77-5)27-45(47)59(74)67(42)33-39)79-23-10-24-80-52-30-48-46(28-50(52)78-6)60(75)68-34-40(26-43(68)32-62-48)38-14-18-44(76-4)19-15-38/h12-21,27-36,42-43,56H,7-11,22-26H2,1-6H3,(H,63,73)(H,64,72)(H,65,69)/t36-,42-,43-,56-/m0/s1. The quantitative estimate of drug-likeness (QED) is 0.0482. The fourth-order valence-electron chi connectivity index (χ4n) is 9.92. The Hall–Kier alpha value is -9.07. The van der Waals surface area contributed by atoms with Crippen molar-refractivity contribution >= 4 is 82.0 Å². The summed E-state index contributed by atoms with van der Waals surface area (Å²) in [5.41, 5.74) is 5.94. The van der Waals surface area contributed by atoms with E-state index in [-0.39, 0.29) is 73.7 Å². The fraction of sp³-hybridized carbons (Fsp3) is 0.350. The lowest BCUT2D eigenvalue weighted by atomic mass is 10.0. The molecule has 0 saturated carbocycles. The molecule has 0 saturated heterocycles. The van der Waals surface area contributed by atoms with Crippen molar-refractivity contribution in [3.05, 3.63) is 120 Å². The highest BCUT2D eigenvalue weighted by Gasteiger charge is 2.36. The molecule has 4 atom stereocenters. The van der Waals surface area contributed by atoms with E-state index in [1.165, 1.54) is 26.4 Å². The van der Waals surface area contributed by atoms with E-state index >= 15 is 0 Å². The Morgan fingerprint density at radius 1 is 0.613 bits per heavy atom. The van der Waals surface area contributed by atoms with E-state index in [1.807, 2.05) is 48.8 Å². The van der Waals surface area contributed by atoms with Gasteiger partial charge in [0.05, 0.1) is 69.1 Å². The Balaban J connectivity index is 0.739. The Bertz CT molecular complexity index is 3220. The summed E-state index contributed by atoms with van der Waals surface area (Å²) in [5, 5.41) is 8.34. The maximum absolute atomic E-state index is 14.1. The van der Waals surface area contributed by atoms with Crippen LogP contribution in [0.4, 0.5) is 17.1 Å². The zero-order chi connectivity index (χ0) is 56.6. The first-order chi connectivity index (χ1) is 38.6. The van der Waals surface area contributed by atoms with Gasteiger partial charge in [0, 0.05) is 87.0 Å². The van der Waals surface area contributed by atoms with Crippen LogP contribution in [0.5, 0.6) is 28.7 Å². The van der Waals surface area contributed by atoms with Crippen LogP contribution in [0, 0.1) is 5.92 Å². The summed E-state index contributed by atoms with van der Waals surface area (Å²) in [6.07, 6.45) is 13.1. The number of nitrogens with zero attached hydrogens (tertiary/aromatic N) is 5. The average molecular weight is 1090 g/mol. The van der Waals surface area contributed by atoms with Gasteiger partial charge >= 0.3 is 0 Å². The second-order valence-corrected chi connectivity index (χ2v) is 20.2. The Labute approximate surface area is 463 Å². The third kappa shape index (κ3) is 12.4. The zero-order valence-electron chi connectivity index (χ0n) is 45.5. The van der Waals surface area contributed by atoms with Crippen LogP contribution in [0.2, 0.25) is 0 Å². The second kappa shape index (κ2) is 24.7. The molecule has 0 radical (unpaired) electrons. The van der Waals surface area contributed by atoms with E-state index in [9.17, 15) is 33.6 Å². The van der Waals surface area contributed by atoms with Crippen molar-refractivity contribution in [1.82, 2.24) is 25.3 Å². The van der Waals surface area contributed by atoms with Crippen LogP contribution in [-0.4, -0.2) is 134 Å². The van der Waals surface area contributed by atoms with Crippen molar-refractivity contribution in [2.75, 3.05) is 46.4 Å². The molecule has 4 aromatic carbocycles. The van der Waals surface area contributed by atoms with Crippen molar-refractivity contribution in [3.8, 4) is 28.7 Å². The van der Waals surface area contributed by atoms with E-state index in [0.717, 1.165) is 32.9 Å². The number of unbranched alkanes of at least 4 members (excludes halogenated alkanes) is 2. The van der Waals surface area contributed by atoms with Gasteiger partial charge in [-0.05, 0) is 84.4 Å². The van der Waals surface area contributed by atoms with Gasteiger partial charge in [0.2, 0.25) is 17.7 Å². The topological polar surface area (TPSA) is 236 Å². The van der Waals surface area contributed by atoms with Crippen LogP contribution in [0.1, 0.15) is 97.6 Å². The number of anilines is 1. The van der Waals surface area contributed by atoms with Gasteiger partial charge in [-0.1, -0.05) is 44.5 Å². The average Bonchev–Trinajstić information content (AvgIpc) is 4.15. The van der Waals surface area contributed by atoms with Gasteiger partial charge in [0.1, 0.15) is 17.8 Å². The Kier molecular flexibility index (Phi) is 17.2. The minimum atomic E-state index is -0.926. The van der Waals surface area contributed by atoms with Crippen molar-refractivity contribution in [1.29, 1.82) is 0 Å². The van der Waals surface area contributed by atoms with Crippen molar-refractivity contribution < 1.29 is 57.2 Å². The third-order valence-corrected chi connectivity index (χ3v) is 14.4.